The van der Waals surface area contributed by atoms with E-state index in [9.17, 15) is 5.11 Å². The number of aromatic hydroxyl groups is 1. The van der Waals surface area contributed by atoms with Gasteiger partial charge < -0.3 is 9.84 Å². The van der Waals surface area contributed by atoms with Crippen LogP contribution >= 0.6 is 0 Å². The van der Waals surface area contributed by atoms with Gasteiger partial charge in [0.15, 0.2) is 0 Å². The van der Waals surface area contributed by atoms with Crippen LogP contribution in [0.1, 0.15) is 83.7 Å². The van der Waals surface area contributed by atoms with Gasteiger partial charge in [-0.3, -0.25) is 4.99 Å². The topological polar surface area (TPSA) is 54.2 Å². The second-order valence-electron chi connectivity index (χ2n) is 11.1. The molecule has 172 valence electrons. The SMILES string of the molecule is CC(C)[C@H](N=Cc1cc(C(C)(C)C)cc(C(C)(C)C)c1O)C1=N[C@H](c2ccccc2)CO1. The predicted molar refractivity (Wildman–Crippen MR) is 134 cm³/mol. The van der Waals surface area contributed by atoms with Gasteiger partial charge in [0.25, 0.3) is 0 Å². The van der Waals surface area contributed by atoms with Gasteiger partial charge in [-0.1, -0.05) is 91.8 Å². The van der Waals surface area contributed by atoms with Crippen LogP contribution in [0.3, 0.4) is 0 Å². The summed E-state index contributed by atoms with van der Waals surface area (Å²) in [6.07, 6.45) is 1.80. The highest BCUT2D eigenvalue weighted by molar-refractivity contribution is 5.90. The second kappa shape index (κ2) is 9.09. The Kier molecular flexibility index (Phi) is 6.83. The lowest BCUT2D eigenvalue weighted by atomic mass is 9.79. The minimum atomic E-state index is -0.195. The minimum Gasteiger partial charge on any atom is -0.507 e. The fraction of sp³-hybridized carbons (Fsp3) is 0.500. The molecule has 1 aliphatic heterocycles. The molecule has 4 nitrogen and oxygen atoms in total. The number of phenolic OH excluding ortho intramolecular Hbond substituents is 1. The number of phenols is 1. The first-order valence-electron chi connectivity index (χ1n) is 11.5. The van der Waals surface area contributed by atoms with Gasteiger partial charge in [-0.15, -0.1) is 0 Å². The van der Waals surface area contributed by atoms with Crippen LogP contribution in [0.25, 0.3) is 0 Å². The highest BCUT2D eigenvalue weighted by Gasteiger charge is 2.29. The van der Waals surface area contributed by atoms with Crippen molar-refractivity contribution in [1.82, 2.24) is 0 Å². The van der Waals surface area contributed by atoms with E-state index < -0.39 is 0 Å². The van der Waals surface area contributed by atoms with Gasteiger partial charge in [0, 0.05) is 17.3 Å². The molecule has 1 heterocycles. The van der Waals surface area contributed by atoms with Crippen molar-refractivity contribution in [2.45, 2.75) is 78.3 Å². The maximum atomic E-state index is 11.1. The first-order valence-corrected chi connectivity index (χ1v) is 11.5. The first kappa shape index (κ1) is 24.0. The number of hydrogen-bond acceptors (Lipinski definition) is 4. The Morgan fingerprint density at radius 2 is 1.69 bits per heavy atom. The molecule has 1 N–H and O–H groups in total. The minimum absolute atomic E-state index is 0.00719. The second-order valence-corrected chi connectivity index (χ2v) is 11.1. The van der Waals surface area contributed by atoms with Crippen LogP contribution in [0.2, 0.25) is 0 Å². The number of rotatable bonds is 5. The zero-order valence-electron chi connectivity index (χ0n) is 20.8. The van der Waals surface area contributed by atoms with E-state index in [1.54, 1.807) is 6.21 Å². The molecule has 0 bridgehead atoms. The summed E-state index contributed by atoms with van der Waals surface area (Å²) in [6.45, 7) is 17.7. The molecule has 2 aromatic carbocycles. The average Bonchev–Trinajstić information content (AvgIpc) is 3.17. The Hall–Kier alpha value is -2.62. The van der Waals surface area contributed by atoms with E-state index in [-0.39, 0.29) is 28.8 Å². The number of ether oxygens (including phenoxy) is 1. The quantitative estimate of drug-likeness (QED) is 0.539. The zero-order chi connectivity index (χ0) is 23.7. The summed E-state index contributed by atoms with van der Waals surface area (Å²) in [5.74, 6) is 1.19. The average molecular weight is 435 g/mol. The van der Waals surface area contributed by atoms with Crippen LogP contribution in [-0.4, -0.2) is 29.9 Å². The third kappa shape index (κ3) is 5.40. The Balaban J connectivity index is 1.97. The smallest absolute Gasteiger partial charge is 0.209 e. The molecule has 3 rings (SSSR count). The Bertz CT molecular complexity index is 993. The molecule has 0 saturated heterocycles. The van der Waals surface area contributed by atoms with Gasteiger partial charge in [0.1, 0.15) is 24.4 Å². The maximum Gasteiger partial charge on any atom is 0.209 e. The van der Waals surface area contributed by atoms with E-state index in [1.165, 1.54) is 5.56 Å². The summed E-state index contributed by atoms with van der Waals surface area (Å²) in [6, 6.07) is 14.2. The summed E-state index contributed by atoms with van der Waals surface area (Å²) >= 11 is 0. The number of benzene rings is 2. The summed E-state index contributed by atoms with van der Waals surface area (Å²) in [5, 5.41) is 11.1. The van der Waals surface area contributed by atoms with E-state index in [0.717, 1.165) is 16.7 Å². The largest absolute Gasteiger partial charge is 0.507 e. The van der Waals surface area contributed by atoms with E-state index in [2.05, 4.69) is 79.7 Å². The molecule has 0 aliphatic carbocycles. The standard InChI is InChI=1S/C28H38N2O2/c1-18(2)24(26-30-23(17-32-26)19-12-10-9-11-13-19)29-16-20-14-21(27(3,4)5)15-22(25(20)31)28(6,7)8/h9-16,18,23-24,31H,17H2,1-8H3/t23-,24-/m0/s1. The van der Waals surface area contributed by atoms with Crippen LogP contribution in [0, 0.1) is 5.92 Å². The highest BCUT2D eigenvalue weighted by atomic mass is 16.5. The van der Waals surface area contributed by atoms with Crippen molar-refractivity contribution in [2.75, 3.05) is 6.61 Å². The Labute approximate surface area is 193 Å². The molecule has 2 aromatic rings. The van der Waals surface area contributed by atoms with Gasteiger partial charge in [-0.25, -0.2) is 4.99 Å². The molecular weight excluding hydrogens is 396 g/mol. The van der Waals surface area contributed by atoms with E-state index in [4.69, 9.17) is 14.7 Å². The molecule has 4 heteroatoms. The molecular formula is C28H38N2O2. The molecule has 0 amide bonds. The van der Waals surface area contributed by atoms with Crippen molar-refractivity contribution in [3.8, 4) is 5.75 Å². The molecule has 1 aliphatic rings. The van der Waals surface area contributed by atoms with Crippen LogP contribution < -0.4 is 0 Å². The Morgan fingerprint density at radius 1 is 1.03 bits per heavy atom. The molecule has 0 radical (unpaired) electrons. The van der Waals surface area contributed by atoms with Gasteiger partial charge in [0.2, 0.25) is 5.90 Å². The van der Waals surface area contributed by atoms with Crippen LogP contribution in [0.15, 0.2) is 52.4 Å². The summed E-state index contributed by atoms with van der Waals surface area (Å²) < 4.78 is 5.99. The molecule has 0 aromatic heterocycles. The molecule has 0 unspecified atom stereocenters. The normalized spacial score (nSPS) is 18.2. The number of aliphatic imine (C=N–C) groups is 2. The van der Waals surface area contributed by atoms with Crippen molar-refractivity contribution >= 4 is 12.1 Å². The highest BCUT2D eigenvalue weighted by Crippen LogP contribution is 2.37. The molecule has 0 saturated carbocycles. The van der Waals surface area contributed by atoms with Gasteiger partial charge in [-0.2, -0.15) is 0 Å². The fourth-order valence-electron chi connectivity index (χ4n) is 3.84. The number of nitrogens with zero attached hydrogens (tertiary/aromatic N) is 2. The lowest BCUT2D eigenvalue weighted by Gasteiger charge is -2.27. The zero-order valence-corrected chi connectivity index (χ0v) is 20.8. The first-order chi connectivity index (χ1) is 14.9. The maximum absolute atomic E-state index is 11.1. The van der Waals surface area contributed by atoms with Crippen molar-refractivity contribution in [3.63, 3.8) is 0 Å². The third-order valence-electron chi connectivity index (χ3n) is 5.93. The summed E-state index contributed by atoms with van der Waals surface area (Å²) in [5.41, 5.74) is 3.81. The summed E-state index contributed by atoms with van der Waals surface area (Å²) in [7, 11) is 0. The van der Waals surface area contributed by atoms with Gasteiger partial charge in [-0.05, 0) is 33.9 Å². The lowest BCUT2D eigenvalue weighted by molar-refractivity contribution is 0.300. The number of hydrogen-bond donors (Lipinski definition) is 1. The van der Waals surface area contributed by atoms with Crippen molar-refractivity contribution in [2.24, 2.45) is 15.9 Å². The monoisotopic (exact) mass is 434 g/mol. The molecule has 0 spiro atoms. The Morgan fingerprint density at radius 3 is 2.25 bits per heavy atom. The third-order valence-corrected chi connectivity index (χ3v) is 5.93. The van der Waals surface area contributed by atoms with Crippen LogP contribution in [0.5, 0.6) is 5.75 Å². The van der Waals surface area contributed by atoms with Crippen molar-refractivity contribution in [3.05, 3.63) is 64.7 Å². The van der Waals surface area contributed by atoms with Gasteiger partial charge in [0.05, 0.1) is 0 Å². The molecule has 32 heavy (non-hydrogen) atoms. The molecule has 2 atom stereocenters. The van der Waals surface area contributed by atoms with Crippen LogP contribution in [-0.2, 0) is 15.6 Å². The van der Waals surface area contributed by atoms with Crippen LogP contribution in [0.4, 0.5) is 0 Å². The van der Waals surface area contributed by atoms with E-state index in [0.29, 0.717) is 18.3 Å². The van der Waals surface area contributed by atoms with Gasteiger partial charge >= 0.3 is 0 Å². The van der Waals surface area contributed by atoms with E-state index in [1.807, 2.05) is 18.2 Å². The molecule has 0 fully saturated rings. The van der Waals surface area contributed by atoms with Crippen molar-refractivity contribution in [1.29, 1.82) is 0 Å². The fourth-order valence-corrected chi connectivity index (χ4v) is 3.84. The lowest BCUT2D eigenvalue weighted by Crippen LogP contribution is -2.25. The van der Waals surface area contributed by atoms with Crippen molar-refractivity contribution < 1.29 is 9.84 Å². The summed E-state index contributed by atoms with van der Waals surface area (Å²) in [4.78, 5) is 9.72. The predicted octanol–water partition coefficient (Wildman–Crippen LogP) is 6.60. The van der Waals surface area contributed by atoms with E-state index >= 15 is 0 Å².